The van der Waals surface area contributed by atoms with E-state index in [1.54, 1.807) is 18.5 Å². The molecular weight excluding hydrogens is 442 g/mol. The molecule has 34 heavy (non-hydrogen) atoms. The minimum absolute atomic E-state index is 0.490. The van der Waals surface area contributed by atoms with Crippen LogP contribution in [0.4, 0.5) is 5.82 Å². The number of hydrogen-bond acceptors (Lipinski definition) is 5. The van der Waals surface area contributed by atoms with Crippen molar-refractivity contribution in [2.45, 2.75) is 72.8 Å². The third-order valence-electron chi connectivity index (χ3n) is 5.66. The fraction of sp³-hybridized carbons (Fsp3) is 0.464. The van der Waals surface area contributed by atoms with Crippen molar-refractivity contribution in [2.75, 3.05) is 16.8 Å². The smallest absolute Gasteiger partial charge is 0.212 e. The summed E-state index contributed by atoms with van der Waals surface area (Å²) in [7, 11) is 0. The summed E-state index contributed by atoms with van der Waals surface area (Å²) in [5.41, 5.74) is 2.60. The van der Waals surface area contributed by atoms with Gasteiger partial charge in [-0.1, -0.05) is 59.3 Å². The van der Waals surface area contributed by atoms with Crippen molar-refractivity contribution in [2.24, 2.45) is 0 Å². The predicted octanol–water partition coefficient (Wildman–Crippen LogP) is 7.19. The maximum atomic E-state index is 10.7. The van der Waals surface area contributed by atoms with Gasteiger partial charge in [-0.3, -0.25) is 9.78 Å². The van der Waals surface area contributed by atoms with Gasteiger partial charge < -0.3 is 10.4 Å². The van der Waals surface area contributed by atoms with E-state index >= 15 is 0 Å². The number of carbonyl (C=O) groups excluding carboxylic acids is 1. The fourth-order valence-corrected chi connectivity index (χ4v) is 3.08. The van der Waals surface area contributed by atoms with Crippen molar-refractivity contribution in [1.82, 2.24) is 9.97 Å². The van der Waals surface area contributed by atoms with Crippen LogP contribution in [0.3, 0.4) is 0 Å². The monoisotopic (exact) mass is 483 g/mol. The van der Waals surface area contributed by atoms with E-state index < -0.39 is 5.60 Å². The van der Waals surface area contributed by atoms with E-state index in [4.69, 9.17) is 0 Å². The van der Waals surface area contributed by atoms with Crippen molar-refractivity contribution in [3.05, 3.63) is 60.1 Å². The summed E-state index contributed by atoms with van der Waals surface area (Å²) in [6.07, 6.45) is 11.9. The molecule has 0 aliphatic carbocycles. The molecule has 2 N–H and O–H groups in total. The van der Waals surface area contributed by atoms with Gasteiger partial charge in [0.15, 0.2) is 0 Å². The average molecular weight is 484 g/mol. The molecule has 186 valence electrons. The van der Waals surface area contributed by atoms with Crippen molar-refractivity contribution < 1.29 is 9.90 Å². The molecule has 0 atom stereocenters. The van der Waals surface area contributed by atoms with Crippen LogP contribution < -0.4 is 5.32 Å². The predicted molar refractivity (Wildman–Crippen MR) is 149 cm³/mol. The molecule has 1 saturated heterocycles. The van der Waals surface area contributed by atoms with E-state index in [0.717, 1.165) is 27.6 Å². The molecule has 2 aromatic rings. The Labute approximate surface area is 209 Å². The molecule has 5 nitrogen and oxygen atoms in total. The topological polar surface area (TPSA) is 75.1 Å². The summed E-state index contributed by atoms with van der Waals surface area (Å²) in [6, 6.07) is 3.75. The third kappa shape index (κ3) is 9.43. The molecule has 3 rings (SSSR count). The van der Waals surface area contributed by atoms with Gasteiger partial charge in [-0.15, -0.1) is 0 Å². The number of allylic oxidation sites excluding steroid dienone is 3. The lowest BCUT2D eigenvalue weighted by molar-refractivity contribution is -0.105. The normalized spacial score (nSPS) is 13.3. The first-order valence-electron chi connectivity index (χ1n) is 12.1. The standard InChI is InChI=1S/C22H27N3O2.C4H10.C2H4S/c1-6-19(15(4)9-16(5)22(27,7-2)8-3)20-10-17-13-24-21(25-14-26)11-18(17)12-23-20;1-3-4-2;1-2-3-1/h6,9-14,27H,5,7-8H2,1-4H3,(H,24,25,26);3-4H2,1-2H3;1-2H2/b15-9-,19-6+;;. The van der Waals surface area contributed by atoms with Crippen LogP contribution in [-0.4, -0.2) is 38.6 Å². The van der Waals surface area contributed by atoms with Crippen LogP contribution in [0, 0.1) is 0 Å². The average Bonchev–Trinajstić information content (AvgIpc) is 3.74. The number of pyridine rings is 2. The van der Waals surface area contributed by atoms with E-state index in [1.807, 2.05) is 57.7 Å². The SMILES string of the molecule is C1CS1.C=C(/C=C(C)\C(=C/C)c1cc2cnc(NC=O)cc2cn1)C(O)(CC)CC.CCCC. The molecule has 1 aliphatic rings. The minimum atomic E-state index is -0.886. The van der Waals surface area contributed by atoms with E-state index in [9.17, 15) is 9.90 Å². The number of fused-ring (bicyclic) bond motifs is 1. The van der Waals surface area contributed by atoms with Gasteiger partial charge in [0, 0.05) is 34.7 Å². The number of carbonyl (C=O) groups is 1. The maximum Gasteiger partial charge on any atom is 0.212 e. The summed E-state index contributed by atoms with van der Waals surface area (Å²) >= 11 is 2.00. The van der Waals surface area contributed by atoms with E-state index in [-0.39, 0.29) is 0 Å². The molecular formula is C28H41N3O2S. The summed E-state index contributed by atoms with van der Waals surface area (Å²) in [6.45, 7) is 16.3. The lowest BCUT2D eigenvalue weighted by atomic mass is 9.87. The molecule has 6 heteroatoms. The third-order valence-corrected chi connectivity index (χ3v) is 6.07. The molecule has 1 aliphatic heterocycles. The summed E-state index contributed by atoms with van der Waals surface area (Å²) in [5, 5.41) is 15.0. The lowest BCUT2D eigenvalue weighted by Crippen LogP contribution is -2.28. The first kappa shape index (κ1) is 29.6. The highest BCUT2D eigenvalue weighted by molar-refractivity contribution is 8.06. The molecule has 0 radical (unpaired) electrons. The number of anilines is 1. The Balaban J connectivity index is 0.000000713. The fourth-order valence-electron chi connectivity index (χ4n) is 3.08. The van der Waals surface area contributed by atoms with E-state index in [1.165, 1.54) is 24.3 Å². The second-order valence-electron chi connectivity index (χ2n) is 8.15. The second kappa shape index (κ2) is 15.5. The van der Waals surface area contributed by atoms with Crippen LogP contribution in [0.25, 0.3) is 16.3 Å². The van der Waals surface area contributed by atoms with Crippen LogP contribution in [0.15, 0.2) is 54.4 Å². The number of thioether (sulfide) groups is 1. The molecule has 2 aromatic heterocycles. The molecule has 0 bridgehead atoms. The number of aromatic nitrogens is 2. The van der Waals surface area contributed by atoms with Gasteiger partial charge in [0.2, 0.25) is 6.41 Å². The Bertz CT molecular complexity index is 988. The molecule has 0 spiro atoms. The van der Waals surface area contributed by atoms with Crippen LogP contribution in [0.2, 0.25) is 0 Å². The highest BCUT2D eigenvalue weighted by Gasteiger charge is 2.24. The van der Waals surface area contributed by atoms with Crippen LogP contribution >= 0.6 is 11.8 Å². The second-order valence-corrected chi connectivity index (χ2v) is 9.38. The highest BCUT2D eigenvalue weighted by atomic mass is 32.2. The van der Waals surface area contributed by atoms with Crippen LogP contribution in [0.5, 0.6) is 0 Å². The van der Waals surface area contributed by atoms with Crippen LogP contribution in [0.1, 0.15) is 72.9 Å². The van der Waals surface area contributed by atoms with Crippen molar-refractivity contribution in [3.8, 4) is 0 Å². The zero-order chi connectivity index (χ0) is 25.6. The molecule has 0 aromatic carbocycles. The number of hydrogen-bond donors (Lipinski definition) is 2. The molecule has 0 saturated carbocycles. The Kier molecular flexibility index (Phi) is 13.5. The van der Waals surface area contributed by atoms with Gasteiger partial charge in [-0.25, -0.2) is 4.98 Å². The number of rotatable bonds is 9. The van der Waals surface area contributed by atoms with Gasteiger partial charge in [0.25, 0.3) is 0 Å². The summed E-state index contributed by atoms with van der Waals surface area (Å²) in [5.74, 6) is 3.32. The van der Waals surface area contributed by atoms with Gasteiger partial charge >= 0.3 is 0 Å². The minimum Gasteiger partial charge on any atom is -0.385 e. The lowest BCUT2D eigenvalue weighted by Gasteiger charge is -2.26. The zero-order valence-electron chi connectivity index (χ0n) is 21.6. The Morgan fingerprint density at radius 1 is 1.12 bits per heavy atom. The van der Waals surface area contributed by atoms with Crippen molar-refractivity contribution in [1.29, 1.82) is 0 Å². The van der Waals surface area contributed by atoms with Gasteiger partial charge in [0.05, 0.1) is 11.3 Å². The van der Waals surface area contributed by atoms with Gasteiger partial charge in [-0.05, 0) is 55.5 Å². The largest absolute Gasteiger partial charge is 0.385 e. The number of aliphatic hydroxyl groups is 1. The quantitative estimate of drug-likeness (QED) is 0.224. The Morgan fingerprint density at radius 2 is 1.68 bits per heavy atom. The molecule has 3 heterocycles. The number of nitrogens with one attached hydrogen (secondary N) is 1. The Morgan fingerprint density at radius 3 is 2.15 bits per heavy atom. The van der Waals surface area contributed by atoms with Crippen molar-refractivity contribution in [3.63, 3.8) is 0 Å². The maximum absolute atomic E-state index is 10.7. The van der Waals surface area contributed by atoms with Gasteiger partial charge in [-0.2, -0.15) is 11.8 Å². The molecule has 1 amide bonds. The van der Waals surface area contributed by atoms with E-state index in [2.05, 4.69) is 35.7 Å². The number of unbranched alkanes of at least 4 members (excludes halogenated alkanes) is 1. The van der Waals surface area contributed by atoms with Gasteiger partial charge in [0.1, 0.15) is 5.82 Å². The number of nitrogens with zero attached hydrogens (tertiary/aromatic N) is 2. The zero-order valence-corrected chi connectivity index (χ0v) is 22.5. The number of amides is 1. The Hall–Kier alpha value is -2.44. The first-order valence-corrected chi connectivity index (χ1v) is 13.3. The van der Waals surface area contributed by atoms with Crippen LogP contribution in [-0.2, 0) is 4.79 Å². The highest BCUT2D eigenvalue weighted by Crippen LogP contribution is 2.30. The summed E-state index contributed by atoms with van der Waals surface area (Å²) < 4.78 is 0. The molecule has 1 fully saturated rings. The first-order chi connectivity index (χ1) is 16.3. The van der Waals surface area contributed by atoms with E-state index in [0.29, 0.717) is 30.6 Å². The molecule has 0 unspecified atom stereocenters. The van der Waals surface area contributed by atoms with Crippen molar-refractivity contribution >= 4 is 40.3 Å². The summed E-state index contributed by atoms with van der Waals surface area (Å²) in [4.78, 5) is 19.3.